The van der Waals surface area contributed by atoms with Crippen LogP contribution in [0.2, 0.25) is 5.15 Å². The number of aryl methyl sites for hydroxylation is 1. The van der Waals surface area contributed by atoms with E-state index in [4.69, 9.17) is 11.6 Å². The number of carbonyl (C=O) groups excluding carboxylic acids is 1. The molecule has 3 rings (SSSR count). The van der Waals surface area contributed by atoms with E-state index in [2.05, 4.69) is 14.9 Å². The Labute approximate surface area is 155 Å². The number of thioether (sulfide) groups is 1. The molecule has 0 saturated carbocycles. The second-order valence-corrected chi connectivity index (χ2v) is 8.55. The van der Waals surface area contributed by atoms with Crippen molar-refractivity contribution < 1.29 is 4.79 Å². The van der Waals surface area contributed by atoms with E-state index in [1.54, 1.807) is 30.8 Å². The monoisotopic (exact) mass is 384 g/mol. The molecule has 3 heterocycles. The van der Waals surface area contributed by atoms with Crippen LogP contribution in [0, 0.1) is 6.92 Å². The van der Waals surface area contributed by atoms with Gasteiger partial charge in [-0.05, 0) is 38.4 Å². The second-order valence-electron chi connectivity index (χ2n) is 6.13. The Morgan fingerprint density at radius 3 is 2.71 bits per heavy atom. The van der Waals surface area contributed by atoms with Crippen LogP contribution in [0.4, 0.5) is 0 Å². The largest absolute Gasteiger partial charge is 0.344 e. The van der Waals surface area contributed by atoms with Gasteiger partial charge in [0.05, 0.1) is 10.3 Å². The zero-order valence-electron chi connectivity index (χ0n) is 14.1. The summed E-state index contributed by atoms with van der Waals surface area (Å²) in [6.07, 6.45) is 2.60. The van der Waals surface area contributed by atoms with E-state index in [1.807, 2.05) is 6.92 Å². The van der Waals surface area contributed by atoms with Gasteiger partial charge in [-0.2, -0.15) is 0 Å². The molecule has 1 amide bonds. The molecular formula is C16H21ClN4OS2. The third-order valence-electron chi connectivity index (χ3n) is 4.16. The summed E-state index contributed by atoms with van der Waals surface area (Å²) in [4.78, 5) is 26.9. The van der Waals surface area contributed by atoms with E-state index in [0.717, 1.165) is 28.1 Å². The van der Waals surface area contributed by atoms with Crippen LogP contribution >= 0.6 is 34.7 Å². The number of fused-ring (bicyclic) bond motifs is 1. The molecule has 0 aliphatic carbocycles. The molecule has 24 heavy (non-hydrogen) atoms. The van der Waals surface area contributed by atoms with Crippen molar-refractivity contribution in [1.29, 1.82) is 0 Å². The highest BCUT2D eigenvalue weighted by atomic mass is 35.5. The number of likely N-dealkylation sites (tertiary alicyclic amines) is 1. The highest BCUT2D eigenvalue weighted by molar-refractivity contribution is 7.99. The summed E-state index contributed by atoms with van der Waals surface area (Å²) in [5, 5.41) is 1.93. The highest BCUT2D eigenvalue weighted by Gasteiger charge is 2.21. The third-order valence-corrected chi connectivity index (χ3v) is 6.44. The molecule has 0 spiro atoms. The van der Waals surface area contributed by atoms with Crippen molar-refractivity contribution in [3.8, 4) is 0 Å². The average Bonchev–Trinajstić information content (AvgIpc) is 3.15. The molecule has 0 aromatic carbocycles. The van der Waals surface area contributed by atoms with E-state index in [0.29, 0.717) is 15.2 Å². The average molecular weight is 385 g/mol. The maximum absolute atomic E-state index is 12.3. The van der Waals surface area contributed by atoms with Gasteiger partial charge in [0.15, 0.2) is 5.16 Å². The summed E-state index contributed by atoms with van der Waals surface area (Å²) < 4.78 is 0. The molecular weight excluding hydrogens is 364 g/mol. The Bertz CT molecular complexity index is 756. The topological polar surface area (TPSA) is 49.3 Å². The number of hydrogen-bond acceptors (Lipinski definition) is 6. The SMILES string of the molecule is Cc1c(C(=O)N(C)C)sc2nc(SCCN3CCCC3)nc(Cl)c12. The van der Waals surface area contributed by atoms with Gasteiger partial charge in [-0.25, -0.2) is 9.97 Å². The van der Waals surface area contributed by atoms with Crippen LogP contribution in [0.15, 0.2) is 5.16 Å². The van der Waals surface area contributed by atoms with Crippen molar-refractivity contribution in [1.82, 2.24) is 19.8 Å². The number of carbonyl (C=O) groups is 1. The first kappa shape index (κ1) is 17.9. The molecule has 8 heteroatoms. The number of aromatic nitrogens is 2. The standard InChI is InChI=1S/C16H21ClN4OS2/c1-10-11-13(17)18-16(23-9-8-21-6-4-5-7-21)19-14(11)24-12(10)15(22)20(2)3/h4-9H2,1-3H3. The first-order valence-electron chi connectivity index (χ1n) is 8.01. The number of thiophene rings is 1. The van der Waals surface area contributed by atoms with E-state index in [1.165, 1.54) is 37.3 Å². The summed E-state index contributed by atoms with van der Waals surface area (Å²) in [6, 6.07) is 0. The van der Waals surface area contributed by atoms with Gasteiger partial charge < -0.3 is 9.80 Å². The molecule has 5 nitrogen and oxygen atoms in total. The van der Waals surface area contributed by atoms with Gasteiger partial charge in [0.25, 0.3) is 5.91 Å². The third kappa shape index (κ3) is 3.69. The maximum atomic E-state index is 12.3. The van der Waals surface area contributed by atoms with Crippen molar-refractivity contribution in [2.75, 3.05) is 39.5 Å². The maximum Gasteiger partial charge on any atom is 0.263 e. The van der Waals surface area contributed by atoms with E-state index in [9.17, 15) is 4.79 Å². The molecule has 1 aliphatic heterocycles. The summed E-state index contributed by atoms with van der Waals surface area (Å²) in [6.45, 7) is 5.35. The van der Waals surface area contributed by atoms with Crippen molar-refractivity contribution in [3.63, 3.8) is 0 Å². The predicted octanol–water partition coefficient (Wildman–Crippen LogP) is 3.54. The molecule has 0 N–H and O–H groups in total. The summed E-state index contributed by atoms with van der Waals surface area (Å²) in [5.41, 5.74) is 0.868. The molecule has 0 atom stereocenters. The smallest absolute Gasteiger partial charge is 0.263 e. The number of hydrogen-bond donors (Lipinski definition) is 0. The number of amides is 1. The predicted molar refractivity (Wildman–Crippen MR) is 102 cm³/mol. The first-order chi connectivity index (χ1) is 11.5. The van der Waals surface area contributed by atoms with Crippen LogP contribution in [0.1, 0.15) is 28.1 Å². The zero-order valence-corrected chi connectivity index (χ0v) is 16.5. The van der Waals surface area contributed by atoms with E-state index in [-0.39, 0.29) is 5.91 Å². The Hall–Kier alpha value is -0.890. The Morgan fingerprint density at radius 2 is 2.04 bits per heavy atom. The van der Waals surface area contributed by atoms with Crippen LogP contribution < -0.4 is 0 Å². The minimum absolute atomic E-state index is 0.0187. The molecule has 1 saturated heterocycles. The Balaban J connectivity index is 1.79. The fourth-order valence-electron chi connectivity index (χ4n) is 2.82. The second kappa shape index (κ2) is 7.56. The minimum Gasteiger partial charge on any atom is -0.344 e. The minimum atomic E-state index is -0.0187. The number of nitrogens with zero attached hydrogens (tertiary/aromatic N) is 4. The highest BCUT2D eigenvalue weighted by Crippen LogP contribution is 2.35. The van der Waals surface area contributed by atoms with Crippen LogP contribution in [0.5, 0.6) is 0 Å². The van der Waals surface area contributed by atoms with Crippen LogP contribution in [-0.4, -0.2) is 65.2 Å². The van der Waals surface area contributed by atoms with Crippen LogP contribution in [0.25, 0.3) is 10.2 Å². The quantitative estimate of drug-likeness (QED) is 0.448. The number of rotatable bonds is 5. The lowest BCUT2D eigenvalue weighted by Gasteiger charge is -2.13. The van der Waals surface area contributed by atoms with Gasteiger partial charge in [-0.1, -0.05) is 23.4 Å². The van der Waals surface area contributed by atoms with Gasteiger partial charge in [-0.15, -0.1) is 11.3 Å². The summed E-state index contributed by atoms with van der Waals surface area (Å²) in [5.74, 6) is 0.935. The molecule has 2 aromatic rings. The fraction of sp³-hybridized carbons (Fsp3) is 0.562. The number of halogens is 1. The van der Waals surface area contributed by atoms with E-state index >= 15 is 0 Å². The Kier molecular flexibility index (Phi) is 5.64. The molecule has 2 aromatic heterocycles. The van der Waals surface area contributed by atoms with Crippen LogP contribution in [-0.2, 0) is 0 Å². The summed E-state index contributed by atoms with van der Waals surface area (Å²) in [7, 11) is 3.50. The van der Waals surface area contributed by atoms with Crippen molar-refractivity contribution in [3.05, 3.63) is 15.6 Å². The zero-order chi connectivity index (χ0) is 17.3. The van der Waals surface area contributed by atoms with Gasteiger partial charge in [0.1, 0.15) is 9.98 Å². The van der Waals surface area contributed by atoms with Crippen molar-refractivity contribution >= 4 is 50.8 Å². The lowest BCUT2D eigenvalue weighted by molar-refractivity contribution is 0.0831. The molecule has 1 aliphatic rings. The summed E-state index contributed by atoms with van der Waals surface area (Å²) >= 11 is 9.40. The van der Waals surface area contributed by atoms with Gasteiger partial charge in [0, 0.05) is 26.4 Å². The molecule has 0 radical (unpaired) electrons. The molecule has 0 bridgehead atoms. The van der Waals surface area contributed by atoms with E-state index < -0.39 is 0 Å². The first-order valence-corrected chi connectivity index (χ1v) is 10.2. The normalized spacial score (nSPS) is 15.3. The van der Waals surface area contributed by atoms with Crippen molar-refractivity contribution in [2.45, 2.75) is 24.9 Å². The van der Waals surface area contributed by atoms with Gasteiger partial charge in [-0.3, -0.25) is 4.79 Å². The lowest BCUT2D eigenvalue weighted by atomic mass is 10.2. The molecule has 130 valence electrons. The van der Waals surface area contributed by atoms with Gasteiger partial charge >= 0.3 is 0 Å². The van der Waals surface area contributed by atoms with Crippen molar-refractivity contribution in [2.24, 2.45) is 0 Å². The lowest BCUT2D eigenvalue weighted by Crippen LogP contribution is -2.21. The fourth-order valence-corrected chi connectivity index (χ4v) is 5.34. The Morgan fingerprint density at radius 1 is 1.33 bits per heavy atom. The van der Waals surface area contributed by atoms with Crippen LogP contribution in [0.3, 0.4) is 0 Å². The van der Waals surface area contributed by atoms with Gasteiger partial charge in [0.2, 0.25) is 0 Å². The molecule has 0 unspecified atom stereocenters. The molecule has 1 fully saturated rings.